The summed E-state index contributed by atoms with van der Waals surface area (Å²) in [7, 11) is -3.47. The Balaban J connectivity index is 2.40. The zero-order valence-corrected chi connectivity index (χ0v) is 14.0. The van der Waals surface area contributed by atoms with E-state index in [4.69, 9.17) is 23.2 Å². The number of nitrogens with zero attached hydrogens (tertiary/aromatic N) is 1. The highest BCUT2D eigenvalue weighted by Gasteiger charge is 2.36. The van der Waals surface area contributed by atoms with Crippen molar-refractivity contribution < 1.29 is 8.42 Å². The van der Waals surface area contributed by atoms with E-state index in [-0.39, 0.29) is 16.8 Å². The van der Waals surface area contributed by atoms with E-state index in [0.29, 0.717) is 23.0 Å². The van der Waals surface area contributed by atoms with Crippen molar-refractivity contribution in [2.75, 3.05) is 6.54 Å². The van der Waals surface area contributed by atoms with Crippen LogP contribution in [0.4, 0.5) is 0 Å². The van der Waals surface area contributed by atoms with Crippen LogP contribution in [0.5, 0.6) is 0 Å². The molecule has 112 valence electrons. The van der Waals surface area contributed by atoms with Gasteiger partial charge in [-0.05, 0) is 42.5 Å². The summed E-state index contributed by atoms with van der Waals surface area (Å²) in [4.78, 5) is 0.283. The zero-order chi connectivity index (χ0) is 14.9. The van der Waals surface area contributed by atoms with Gasteiger partial charge in [0.15, 0.2) is 0 Å². The highest BCUT2D eigenvalue weighted by molar-refractivity contribution is 7.89. The second kappa shape index (κ2) is 6.22. The normalized spacial score (nSPS) is 20.8. The maximum absolute atomic E-state index is 12.8. The molecule has 3 nitrogen and oxygen atoms in total. The van der Waals surface area contributed by atoms with Crippen LogP contribution in [0.25, 0.3) is 0 Å². The summed E-state index contributed by atoms with van der Waals surface area (Å²) < 4.78 is 27.2. The van der Waals surface area contributed by atoms with Gasteiger partial charge in [0.2, 0.25) is 10.0 Å². The Morgan fingerprint density at radius 1 is 1.40 bits per heavy atom. The number of sulfonamides is 1. The molecule has 1 aromatic rings. The van der Waals surface area contributed by atoms with Crippen LogP contribution in [0.15, 0.2) is 23.1 Å². The lowest BCUT2D eigenvalue weighted by molar-refractivity contribution is 0.316. The molecule has 6 heteroatoms. The van der Waals surface area contributed by atoms with Crippen molar-refractivity contribution >= 4 is 33.2 Å². The molecule has 0 saturated carbocycles. The summed E-state index contributed by atoms with van der Waals surface area (Å²) in [5, 5.41) is 0.501. The number of hydrogen-bond donors (Lipinski definition) is 0. The van der Waals surface area contributed by atoms with Crippen molar-refractivity contribution in [2.24, 2.45) is 5.92 Å². The molecule has 1 saturated heterocycles. The molecule has 1 fully saturated rings. The van der Waals surface area contributed by atoms with Crippen molar-refractivity contribution in [3.05, 3.63) is 28.8 Å². The predicted molar refractivity (Wildman–Crippen MR) is 82.8 cm³/mol. The Kier molecular flexibility index (Phi) is 5.00. The average molecular weight is 336 g/mol. The molecule has 1 unspecified atom stereocenters. The molecule has 0 radical (unpaired) electrons. The molecule has 1 heterocycles. The van der Waals surface area contributed by atoms with Crippen LogP contribution in [0.3, 0.4) is 0 Å². The van der Waals surface area contributed by atoms with E-state index in [1.54, 1.807) is 22.5 Å². The lowest BCUT2D eigenvalue weighted by Crippen LogP contribution is -2.38. The molecule has 0 bridgehead atoms. The minimum Gasteiger partial charge on any atom is -0.207 e. The van der Waals surface area contributed by atoms with Gasteiger partial charge in [0.25, 0.3) is 0 Å². The summed E-state index contributed by atoms with van der Waals surface area (Å²) in [5.41, 5.74) is 0.648. The fourth-order valence-corrected chi connectivity index (χ4v) is 5.03. The van der Waals surface area contributed by atoms with Crippen LogP contribution in [0.1, 0.15) is 32.3 Å². The molecule has 1 atom stereocenters. The highest BCUT2D eigenvalue weighted by atomic mass is 35.5. The van der Waals surface area contributed by atoms with Gasteiger partial charge in [-0.3, -0.25) is 0 Å². The van der Waals surface area contributed by atoms with Crippen molar-refractivity contribution in [3.8, 4) is 0 Å². The minimum atomic E-state index is -3.47. The third kappa shape index (κ3) is 2.98. The molecule has 2 rings (SSSR count). The molecule has 0 amide bonds. The molecule has 0 N–H and O–H groups in total. The number of benzene rings is 1. The van der Waals surface area contributed by atoms with Gasteiger partial charge < -0.3 is 0 Å². The fourth-order valence-electron chi connectivity index (χ4n) is 2.68. The first-order valence-electron chi connectivity index (χ1n) is 6.74. The number of hydrogen-bond acceptors (Lipinski definition) is 2. The Labute approximate surface area is 130 Å². The maximum atomic E-state index is 12.8. The van der Waals surface area contributed by atoms with E-state index in [1.807, 2.05) is 0 Å². The van der Waals surface area contributed by atoms with Gasteiger partial charge in [0, 0.05) is 23.5 Å². The first-order chi connectivity index (χ1) is 9.37. The second-order valence-electron chi connectivity index (χ2n) is 5.46. The van der Waals surface area contributed by atoms with Gasteiger partial charge in [0.05, 0.1) is 4.90 Å². The van der Waals surface area contributed by atoms with E-state index in [2.05, 4.69) is 13.8 Å². The molecule has 1 aliphatic heterocycles. The average Bonchev–Trinajstić information content (AvgIpc) is 2.89. The molecule has 0 aromatic heterocycles. The standard InChI is InChI=1S/C14H19Cl2NO2S/c1-10(2)14-4-3-7-17(14)20(18,19)12-5-6-13(16)11(8-12)9-15/h5-6,8,10,14H,3-4,7,9H2,1-2H3. The number of rotatable bonds is 4. The van der Waals surface area contributed by atoms with Crippen LogP contribution in [0.2, 0.25) is 5.02 Å². The van der Waals surface area contributed by atoms with Crippen molar-refractivity contribution in [1.29, 1.82) is 0 Å². The molecular weight excluding hydrogens is 317 g/mol. The Hall–Kier alpha value is -0.290. The molecule has 0 spiro atoms. The van der Waals surface area contributed by atoms with Gasteiger partial charge in [-0.15, -0.1) is 11.6 Å². The fraction of sp³-hybridized carbons (Fsp3) is 0.571. The SMILES string of the molecule is CC(C)C1CCCN1S(=O)(=O)c1ccc(Cl)c(CCl)c1. The lowest BCUT2D eigenvalue weighted by Gasteiger charge is -2.27. The van der Waals surface area contributed by atoms with Crippen molar-refractivity contribution in [3.63, 3.8) is 0 Å². The quantitative estimate of drug-likeness (QED) is 0.783. The van der Waals surface area contributed by atoms with Crippen LogP contribution < -0.4 is 0 Å². The lowest BCUT2D eigenvalue weighted by atomic mass is 10.0. The van der Waals surface area contributed by atoms with Gasteiger partial charge >= 0.3 is 0 Å². The summed E-state index contributed by atoms with van der Waals surface area (Å²) >= 11 is 11.8. The van der Waals surface area contributed by atoms with E-state index in [1.165, 1.54) is 0 Å². The van der Waals surface area contributed by atoms with Gasteiger partial charge in [0.1, 0.15) is 0 Å². The first-order valence-corrected chi connectivity index (χ1v) is 9.09. The maximum Gasteiger partial charge on any atom is 0.243 e. The molecule has 0 aliphatic carbocycles. The molecule has 20 heavy (non-hydrogen) atoms. The summed E-state index contributed by atoms with van der Waals surface area (Å²) in [5.74, 6) is 0.516. The van der Waals surface area contributed by atoms with Crippen LogP contribution in [0, 0.1) is 5.92 Å². The Morgan fingerprint density at radius 3 is 2.70 bits per heavy atom. The van der Waals surface area contributed by atoms with E-state index < -0.39 is 10.0 Å². The third-order valence-corrected chi connectivity index (χ3v) is 6.36. The van der Waals surface area contributed by atoms with Gasteiger partial charge in [-0.2, -0.15) is 4.31 Å². The zero-order valence-electron chi connectivity index (χ0n) is 11.6. The van der Waals surface area contributed by atoms with Crippen LogP contribution in [-0.2, 0) is 15.9 Å². The topological polar surface area (TPSA) is 37.4 Å². The summed E-state index contributed by atoms with van der Waals surface area (Å²) in [6.45, 7) is 4.71. The van der Waals surface area contributed by atoms with Crippen LogP contribution >= 0.6 is 23.2 Å². The van der Waals surface area contributed by atoms with Gasteiger partial charge in [-0.25, -0.2) is 8.42 Å². The Bertz CT molecular complexity index is 587. The van der Waals surface area contributed by atoms with Crippen molar-refractivity contribution in [1.82, 2.24) is 4.31 Å². The Morgan fingerprint density at radius 2 is 2.10 bits per heavy atom. The molecule has 1 aliphatic rings. The second-order valence-corrected chi connectivity index (χ2v) is 8.02. The minimum absolute atomic E-state index is 0.0788. The van der Waals surface area contributed by atoms with E-state index in [9.17, 15) is 8.42 Å². The molecule has 1 aromatic carbocycles. The smallest absolute Gasteiger partial charge is 0.207 e. The first kappa shape index (κ1) is 16.1. The van der Waals surface area contributed by atoms with Gasteiger partial charge in [-0.1, -0.05) is 25.4 Å². The summed E-state index contributed by atoms with van der Waals surface area (Å²) in [6, 6.07) is 4.83. The largest absolute Gasteiger partial charge is 0.243 e. The summed E-state index contributed by atoms with van der Waals surface area (Å²) in [6.07, 6.45) is 1.84. The number of halogens is 2. The van der Waals surface area contributed by atoms with Crippen LogP contribution in [-0.4, -0.2) is 25.3 Å². The number of alkyl halides is 1. The predicted octanol–water partition coefficient (Wildman–Crippen LogP) is 3.89. The molecular formula is C14H19Cl2NO2S. The third-order valence-electron chi connectivity index (χ3n) is 3.79. The van der Waals surface area contributed by atoms with Crippen molar-refractivity contribution in [2.45, 2.75) is 43.5 Å². The van der Waals surface area contributed by atoms with E-state index >= 15 is 0 Å². The highest BCUT2D eigenvalue weighted by Crippen LogP contribution is 2.31. The monoisotopic (exact) mass is 335 g/mol. The van der Waals surface area contributed by atoms with E-state index in [0.717, 1.165) is 12.8 Å².